The lowest BCUT2D eigenvalue weighted by Crippen LogP contribution is -2.43. The maximum absolute atomic E-state index is 13.3. The third-order valence-electron chi connectivity index (χ3n) is 4.50. The monoisotopic (exact) mass is 442 g/mol. The minimum Gasteiger partial charge on any atom is -0.332 e. The molecule has 1 aromatic carbocycles. The maximum atomic E-state index is 13.3. The molecule has 2 aromatic heterocycles. The van der Waals surface area contributed by atoms with E-state index < -0.39 is 0 Å². The number of carbonyl (C=O) groups excluding carboxylic acids is 2. The maximum Gasteiger partial charge on any atom is 0.242 e. The molecule has 0 saturated heterocycles. The molecular formula is C23H23FN2O2S2. The van der Waals surface area contributed by atoms with Crippen molar-refractivity contribution < 1.29 is 14.0 Å². The summed E-state index contributed by atoms with van der Waals surface area (Å²) in [5, 5.41) is 3.89. The predicted octanol–water partition coefficient (Wildman–Crippen LogP) is 4.73. The molecule has 4 nitrogen and oxygen atoms in total. The highest BCUT2D eigenvalue weighted by Crippen LogP contribution is 2.16. The Morgan fingerprint density at radius 3 is 2.17 bits per heavy atom. The van der Waals surface area contributed by atoms with E-state index in [9.17, 15) is 14.0 Å². The van der Waals surface area contributed by atoms with E-state index in [0.29, 0.717) is 19.6 Å². The van der Waals surface area contributed by atoms with E-state index in [1.54, 1.807) is 34.4 Å². The lowest BCUT2D eigenvalue weighted by Gasteiger charge is -2.27. The number of benzene rings is 1. The van der Waals surface area contributed by atoms with E-state index in [0.717, 1.165) is 15.3 Å². The van der Waals surface area contributed by atoms with Crippen LogP contribution in [-0.2, 0) is 29.1 Å². The van der Waals surface area contributed by atoms with Crippen molar-refractivity contribution in [1.82, 2.24) is 9.80 Å². The van der Waals surface area contributed by atoms with Gasteiger partial charge in [-0.15, -0.1) is 29.3 Å². The van der Waals surface area contributed by atoms with Crippen LogP contribution in [0, 0.1) is 5.82 Å². The van der Waals surface area contributed by atoms with Crippen LogP contribution >= 0.6 is 22.7 Å². The second-order valence-corrected chi connectivity index (χ2v) is 8.84. The molecule has 2 amide bonds. The van der Waals surface area contributed by atoms with Gasteiger partial charge < -0.3 is 9.80 Å². The van der Waals surface area contributed by atoms with Crippen LogP contribution in [0.5, 0.6) is 0 Å². The third-order valence-corrected chi connectivity index (χ3v) is 6.24. The molecule has 0 aliphatic rings. The Morgan fingerprint density at radius 2 is 1.57 bits per heavy atom. The van der Waals surface area contributed by atoms with Crippen molar-refractivity contribution in [3.05, 3.63) is 93.1 Å². The average Bonchev–Trinajstić information content (AvgIpc) is 3.43. The van der Waals surface area contributed by atoms with Crippen molar-refractivity contribution in [2.45, 2.75) is 19.5 Å². The fraction of sp³-hybridized carbons (Fsp3) is 0.217. The summed E-state index contributed by atoms with van der Waals surface area (Å²) in [5.74, 6) is -0.580. The first-order valence-electron chi connectivity index (χ1n) is 9.51. The van der Waals surface area contributed by atoms with E-state index in [1.165, 1.54) is 28.4 Å². The topological polar surface area (TPSA) is 40.6 Å². The van der Waals surface area contributed by atoms with Crippen molar-refractivity contribution in [3.8, 4) is 0 Å². The van der Waals surface area contributed by atoms with Gasteiger partial charge in [-0.1, -0.05) is 30.3 Å². The summed E-state index contributed by atoms with van der Waals surface area (Å²) in [6.45, 7) is 4.78. The third kappa shape index (κ3) is 6.37. The molecule has 0 saturated carbocycles. The summed E-state index contributed by atoms with van der Waals surface area (Å²) < 4.78 is 13.3. The smallest absolute Gasteiger partial charge is 0.242 e. The van der Waals surface area contributed by atoms with Gasteiger partial charge in [0.25, 0.3) is 0 Å². The van der Waals surface area contributed by atoms with Gasteiger partial charge in [0.2, 0.25) is 11.8 Å². The van der Waals surface area contributed by atoms with Gasteiger partial charge in [0.15, 0.2) is 0 Å². The highest BCUT2D eigenvalue weighted by molar-refractivity contribution is 7.10. The molecule has 0 atom stereocenters. The first kappa shape index (κ1) is 21.9. The number of nitrogens with zero attached hydrogens (tertiary/aromatic N) is 2. The Morgan fingerprint density at radius 1 is 0.900 bits per heavy atom. The van der Waals surface area contributed by atoms with Crippen LogP contribution in [0.2, 0.25) is 0 Å². The highest BCUT2D eigenvalue weighted by atomic mass is 32.1. The molecule has 0 unspecified atom stereocenters. The van der Waals surface area contributed by atoms with Gasteiger partial charge >= 0.3 is 0 Å². The summed E-state index contributed by atoms with van der Waals surface area (Å²) in [6, 6.07) is 13.8. The first-order valence-corrected chi connectivity index (χ1v) is 11.3. The molecule has 0 spiro atoms. The van der Waals surface area contributed by atoms with Crippen molar-refractivity contribution in [1.29, 1.82) is 0 Å². The van der Waals surface area contributed by atoms with Crippen LogP contribution in [0.1, 0.15) is 15.3 Å². The molecule has 0 aliphatic carbocycles. The second kappa shape index (κ2) is 10.8. The second-order valence-electron chi connectivity index (χ2n) is 6.77. The summed E-state index contributed by atoms with van der Waals surface area (Å²) >= 11 is 3.09. The van der Waals surface area contributed by atoms with Gasteiger partial charge in [0, 0.05) is 22.8 Å². The standard InChI is InChI=1S/C23H23FN2O2S2/c1-2-11-25(22(27)14-20-5-3-12-29-20)17-23(28)26(16-21-6-4-13-30-21)15-18-7-9-19(24)10-8-18/h2-10,12-13H,1,11,14-17H2. The molecule has 0 radical (unpaired) electrons. The molecule has 0 bridgehead atoms. The number of hydrogen-bond acceptors (Lipinski definition) is 4. The molecule has 0 fully saturated rings. The molecule has 0 aliphatic heterocycles. The zero-order chi connectivity index (χ0) is 21.3. The zero-order valence-corrected chi connectivity index (χ0v) is 18.1. The summed E-state index contributed by atoms with van der Waals surface area (Å²) in [4.78, 5) is 31.1. The van der Waals surface area contributed by atoms with Crippen LogP contribution in [0.25, 0.3) is 0 Å². The summed E-state index contributed by atoms with van der Waals surface area (Å²) in [5.41, 5.74) is 0.835. The van der Waals surface area contributed by atoms with E-state index in [2.05, 4.69) is 6.58 Å². The number of amides is 2. The van der Waals surface area contributed by atoms with Gasteiger partial charge in [0.05, 0.1) is 13.0 Å². The molecule has 30 heavy (non-hydrogen) atoms. The minimum absolute atomic E-state index is 0.0250. The first-order chi connectivity index (χ1) is 14.5. The van der Waals surface area contributed by atoms with Crippen LogP contribution in [-0.4, -0.2) is 34.7 Å². The Hall–Kier alpha value is -2.77. The molecule has 3 rings (SSSR count). The van der Waals surface area contributed by atoms with Crippen LogP contribution in [0.3, 0.4) is 0 Å². The molecule has 7 heteroatoms. The average molecular weight is 443 g/mol. The molecule has 2 heterocycles. The van der Waals surface area contributed by atoms with Crippen molar-refractivity contribution in [3.63, 3.8) is 0 Å². The van der Waals surface area contributed by atoms with Gasteiger partial charge in [0.1, 0.15) is 12.4 Å². The highest BCUT2D eigenvalue weighted by Gasteiger charge is 2.22. The normalized spacial score (nSPS) is 10.6. The van der Waals surface area contributed by atoms with Crippen LogP contribution in [0.15, 0.2) is 71.9 Å². The number of hydrogen-bond donors (Lipinski definition) is 0. The fourth-order valence-electron chi connectivity index (χ4n) is 2.98. The number of rotatable bonds is 10. The van der Waals surface area contributed by atoms with Crippen molar-refractivity contribution in [2.24, 2.45) is 0 Å². The fourth-order valence-corrected chi connectivity index (χ4v) is 4.40. The van der Waals surface area contributed by atoms with Gasteiger partial charge in [-0.05, 0) is 40.6 Å². The summed E-state index contributed by atoms with van der Waals surface area (Å²) in [6.07, 6.45) is 1.89. The molecule has 3 aromatic rings. The summed E-state index contributed by atoms with van der Waals surface area (Å²) in [7, 11) is 0. The lowest BCUT2D eigenvalue weighted by atomic mass is 10.2. The number of thiophene rings is 2. The number of carbonyl (C=O) groups is 2. The molecular weight excluding hydrogens is 419 g/mol. The lowest BCUT2D eigenvalue weighted by molar-refractivity contribution is -0.140. The van der Waals surface area contributed by atoms with Gasteiger partial charge in [-0.2, -0.15) is 0 Å². The Kier molecular flexibility index (Phi) is 7.93. The predicted molar refractivity (Wildman–Crippen MR) is 120 cm³/mol. The van der Waals surface area contributed by atoms with Crippen LogP contribution in [0.4, 0.5) is 4.39 Å². The van der Waals surface area contributed by atoms with Crippen molar-refractivity contribution >= 4 is 34.5 Å². The van der Waals surface area contributed by atoms with E-state index in [4.69, 9.17) is 0 Å². The van der Waals surface area contributed by atoms with Crippen LogP contribution < -0.4 is 0 Å². The van der Waals surface area contributed by atoms with Gasteiger partial charge in [-0.25, -0.2) is 4.39 Å². The minimum atomic E-state index is -0.314. The Balaban J connectivity index is 1.72. The van der Waals surface area contributed by atoms with E-state index >= 15 is 0 Å². The van der Waals surface area contributed by atoms with E-state index in [-0.39, 0.29) is 30.6 Å². The van der Waals surface area contributed by atoms with Gasteiger partial charge in [-0.3, -0.25) is 9.59 Å². The van der Waals surface area contributed by atoms with Crippen molar-refractivity contribution in [2.75, 3.05) is 13.1 Å². The quantitative estimate of drug-likeness (QED) is 0.426. The van der Waals surface area contributed by atoms with E-state index in [1.807, 2.05) is 35.0 Å². The molecule has 156 valence electrons. The Bertz CT molecular complexity index is 954. The Labute approximate surface area is 183 Å². The number of halogens is 1. The molecule has 0 N–H and O–H groups in total. The largest absolute Gasteiger partial charge is 0.332 e. The zero-order valence-electron chi connectivity index (χ0n) is 16.5. The SMILES string of the molecule is C=CCN(CC(=O)N(Cc1ccc(F)cc1)Cc1cccs1)C(=O)Cc1cccs1.